The third kappa shape index (κ3) is 4.24. The number of ether oxygens (including phenoxy) is 1. The number of hydrogen-bond acceptors (Lipinski definition) is 4. The summed E-state index contributed by atoms with van der Waals surface area (Å²) in [6, 6.07) is 15.1. The minimum atomic E-state index is -1.29. The van der Waals surface area contributed by atoms with Gasteiger partial charge in [0.15, 0.2) is 0 Å². The molecule has 0 radical (unpaired) electrons. The fourth-order valence-corrected chi connectivity index (χ4v) is 4.91. The second kappa shape index (κ2) is 9.60. The molecular formula is C27H28N2O5. The lowest BCUT2D eigenvalue weighted by atomic mass is 9.98. The number of carboxylic acid groups (broad SMARTS) is 1. The Hall–Kier alpha value is -3.79. The molecule has 1 fully saturated rings. The van der Waals surface area contributed by atoms with E-state index in [4.69, 9.17) is 4.74 Å². The fraction of sp³-hybridized carbons (Fsp3) is 0.370. The molecule has 4 rings (SSSR count). The van der Waals surface area contributed by atoms with Crippen LogP contribution in [-0.2, 0) is 14.3 Å². The van der Waals surface area contributed by atoms with Gasteiger partial charge in [-0.2, -0.15) is 0 Å². The number of hydrogen-bond donors (Lipinski definition) is 2. The van der Waals surface area contributed by atoms with Crippen molar-refractivity contribution < 1.29 is 24.2 Å². The summed E-state index contributed by atoms with van der Waals surface area (Å²) in [6.07, 6.45) is 0.303. The quantitative estimate of drug-likeness (QED) is 0.640. The number of nitrogens with one attached hydrogen (secondary N) is 1. The second-order valence-corrected chi connectivity index (χ2v) is 8.83. The van der Waals surface area contributed by atoms with Crippen LogP contribution in [0.15, 0.2) is 48.5 Å². The molecule has 1 saturated heterocycles. The maximum Gasteiger partial charge on any atom is 0.407 e. The molecule has 0 saturated carbocycles. The third-order valence-corrected chi connectivity index (χ3v) is 6.78. The van der Waals surface area contributed by atoms with Crippen molar-refractivity contribution in [3.05, 3.63) is 59.7 Å². The lowest BCUT2D eigenvalue weighted by Crippen LogP contribution is -2.57. The van der Waals surface area contributed by atoms with Gasteiger partial charge in [0, 0.05) is 18.9 Å². The highest BCUT2D eigenvalue weighted by Gasteiger charge is 2.47. The van der Waals surface area contributed by atoms with E-state index < -0.39 is 29.6 Å². The Morgan fingerprint density at radius 1 is 1.15 bits per heavy atom. The Morgan fingerprint density at radius 2 is 1.76 bits per heavy atom. The van der Waals surface area contributed by atoms with E-state index in [-0.39, 0.29) is 18.9 Å². The maximum atomic E-state index is 13.2. The maximum absolute atomic E-state index is 13.2. The van der Waals surface area contributed by atoms with E-state index in [9.17, 15) is 19.5 Å². The van der Waals surface area contributed by atoms with Crippen molar-refractivity contribution in [2.75, 3.05) is 13.2 Å². The summed E-state index contributed by atoms with van der Waals surface area (Å²) in [6.45, 7) is 3.63. The number of aliphatic carboxylic acids is 1. The number of benzene rings is 2. The number of carbonyl (C=O) groups excluding carboxylic acids is 2. The molecule has 1 aliphatic heterocycles. The molecule has 0 bridgehead atoms. The van der Waals surface area contributed by atoms with Crippen LogP contribution in [0.4, 0.5) is 4.79 Å². The predicted octanol–water partition coefficient (Wildman–Crippen LogP) is 3.77. The van der Waals surface area contributed by atoms with E-state index in [1.807, 2.05) is 36.4 Å². The van der Waals surface area contributed by atoms with Crippen molar-refractivity contribution >= 4 is 18.0 Å². The highest BCUT2D eigenvalue weighted by Crippen LogP contribution is 2.44. The Balaban J connectivity index is 1.47. The number of likely N-dealkylation sites (tertiary alicyclic amines) is 1. The van der Waals surface area contributed by atoms with E-state index in [2.05, 4.69) is 29.3 Å². The molecule has 2 atom stereocenters. The van der Waals surface area contributed by atoms with E-state index in [0.29, 0.717) is 19.4 Å². The molecule has 176 valence electrons. The van der Waals surface area contributed by atoms with E-state index in [0.717, 1.165) is 22.3 Å². The zero-order chi connectivity index (χ0) is 24.3. The standard InChI is InChI=1S/C27H28N2O5/c1-3-4-14-23(24(30)29-16-9-15-27(29,2)25(31)32)28-26(33)34-17-22-20-12-7-5-10-18(20)19-11-6-8-13-21(19)22/h5-8,10-13,22-23H,9,14-17H2,1-2H3,(H,28,33)(H,31,32). The molecule has 2 unspecified atom stereocenters. The Bertz CT molecular complexity index is 1140. The highest BCUT2D eigenvalue weighted by atomic mass is 16.5. The van der Waals surface area contributed by atoms with Gasteiger partial charge in [-0.25, -0.2) is 9.59 Å². The average molecular weight is 461 g/mol. The number of rotatable bonds is 6. The van der Waals surface area contributed by atoms with Gasteiger partial charge in [-0.05, 0) is 48.9 Å². The molecule has 2 N–H and O–H groups in total. The van der Waals surface area contributed by atoms with Crippen LogP contribution in [0.25, 0.3) is 11.1 Å². The van der Waals surface area contributed by atoms with Crippen molar-refractivity contribution in [1.29, 1.82) is 0 Å². The van der Waals surface area contributed by atoms with Crippen LogP contribution in [0.1, 0.15) is 50.2 Å². The average Bonchev–Trinajstić information content (AvgIpc) is 3.39. The molecule has 0 spiro atoms. The van der Waals surface area contributed by atoms with Gasteiger partial charge < -0.3 is 20.1 Å². The first-order valence-electron chi connectivity index (χ1n) is 11.4. The predicted molar refractivity (Wildman–Crippen MR) is 127 cm³/mol. The lowest BCUT2D eigenvalue weighted by molar-refractivity contribution is -0.156. The molecule has 34 heavy (non-hydrogen) atoms. The van der Waals surface area contributed by atoms with E-state index in [1.54, 1.807) is 6.92 Å². The molecule has 2 aromatic carbocycles. The van der Waals surface area contributed by atoms with Gasteiger partial charge in [0.1, 0.15) is 18.2 Å². The molecule has 0 aromatic heterocycles. The van der Waals surface area contributed by atoms with Crippen LogP contribution in [0.2, 0.25) is 0 Å². The number of carbonyl (C=O) groups is 3. The van der Waals surface area contributed by atoms with Gasteiger partial charge in [0.25, 0.3) is 0 Å². The SMILES string of the molecule is CC#CCC(NC(=O)OCC1c2ccccc2-c2ccccc21)C(=O)N1CCCC1(C)C(=O)O. The normalized spacial score (nSPS) is 19.4. The van der Waals surface area contributed by atoms with Crippen molar-refractivity contribution in [2.45, 2.75) is 50.6 Å². The van der Waals surface area contributed by atoms with Crippen molar-refractivity contribution in [3.8, 4) is 23.0 Å². The van der Waals surface area contributed by atoms with Gasteiger partial charge in [0.05, 0.1) is 0 Å². The van der Waals surface area contributed by atoms with Crippen LogP contribution < -0.4 is 5.32 Å². The fourth-order valence-electron chi connectivity index (χ4n) is 4.91. The summed E-state index contributed by atoms with van der Waals surface area (Å²) in [7, 11) is 0. The molecule has 2 aliphatic rings. The topological polar surface area (TPSA) is 95.9 Å². The Labute approximate surface area is 199 Å². The summed E-state index contributed by atoms with van der Waals surface area (Å²) in [5.74, 6) is 3.94. The van der Waals surface area contributed by atoms with E-state index >= 15 is 0 Å². The smallest absolute Gasteiger partial charge is 0.407 e. The largest absolute Gasteiger partial charge is 0.480 e. The molecule has 7 nitrogen and oxygen atoms in total. The molecule has 2 amide bonds. The van der Waals surface area contributed by atoms with Crippen LogP contribution in [0, 0.1) is 11.8 Å². The highest BCUT2D eigenvalue weighted by molar-refractivity contribution is 5.92. The molecule has 1 heterocycles. The van der Waals surface area contributed by atoms with Crippen molar-refractivity contribution in [2.24, 2.45) is 0 Å². The van der Waals surface area contributed by atoms with Gasteiger partial charge in [0.2, 0.25) is 5.91 Å². The number of amides is 2. The van der Waals surface area contributed by atoms with Gasteiger partial charge in [-0.15, -0.1) is 11.8 Å². The van der Waals surface area contributed by atoms with Gasteiger partial charge >= 0.3 is 12.1 Å². The zero-order valence-electron chi connectivity index (χ0n) is 19.3. The monoisotopic (exact) mass is 460 g/mol. The number of fused-ring (bicyclic) bond motifs is 3. The van der Waals surface area contributed by atoms with E-state index in [1.165, 1.54) is 11.8 Å². The minimum absolute atomic E-state index is 0.0751. The van der Waals surface area contributed by atoms with Crippen molar-refractivity contribution in [3.63, 3.8) is 0 Å². The summed E-state index contributed by atoms with van der Waals surface area (Å²) < 4.78 is 5.58. The first-order chi connectivity index (χ1) is 16.4. The minimum Gasteiger partial charge on any atom is -0.480 e. The van der Waals surface area contributed by atoms with Crippen molar-refractivity contribution in [1.82, 2.24) is 10.2 Å². The number of alkyl carbamates (subject to hydrolysis) is 1. The first kappa shape index (κ1) is 23.4. The Kier molecular flexibility index (Phi) is 6.60. The summed E-state index contributed by atoms with van der Waals surface area (Å²) in [5, 5.41) is 12.3. The van der Waals surface area contributed by atoms with Crippen LogP contribution in [0.5, 0.6) is 0 Å². The number of carboxylic acids is 1. The molecule has 7 heteroatoms. The molecule has 2 aromatic rings. The summed E-state index contributed by atoms with van der Waals surface area (Å²) in [4.78, 5) is 39.1. The lowest BCUT2D eigenvalue weighted by Gasteiger charge is -2.33. The Morgan fingerprint density at radius 3 is 2.35 bits per heavy atom. The van der Waals surface area contributed by atoms with Crippen LogP contribution in [0.3, 0.4) is 0 Å². The molecule has 1 aliphatic carbocycles. The summed E-state index contributed by atoms with van der Waals surface area (Å²) in [5.41, 5.74) is 3.14. The second-order valence-electron chi connectivity index (χ2n) is 8.83. The number of nitrogens with zero attached hydrogens (tertiary/aromatic N) is 1. The molecular weight excluding hydrogens is 432 g/mol. The third-order valence-electron chi connectivity index (χ3n) is 6.78. The summed E-state index contributed by atoms with van der Waals surface area (Å²) >= 11 is 0. The van der Waals surface area contributed by atoms with Crippen LogP contribution >= 0.6 is 0 Å². The van der Waals surface area contributed by atoms with Gasteiger partial charge in [-0.3, -0.25) is 4.79 Å². The first-order valence-corrected chi connectivity index (χ1v) is 11.4. The van der Waals surface area contributed by atoms with Gasteiger partial charge in [-0.1, -0.05) is 48.5 Å². The van der Waals surface area contributed by atoms with Crippen LogP contribution in [-0.4, -0.2) is 52.7 Å². The zero-order valence-corrected chi connectivity index (χ0v) is 19.3.